The number of hydrogen-bond acceptors (Lipinski definition) is 2. The van der Waals surface area contributed by atoms with Gasteiger partial charge in [0.25, 0.3) is 0 Å². The molecule has 3 heteroatoms. The molecule has 4 bridgehead atoms. The Labute approximate surface area is 137 Å². The van der Waals surface area contributed by atoms with E-state index in [2.05, 4.69) is 35.8 Å². The molecule has 0 aromatic heterocycles. The van der Waals surface area contributed by atoms with Crippen molar-refractivity contribution >= 4 is 17.7 Å². The predicted octanol–water partition coefficient (Wildman–Crippen LogP) is 4.24. The van der Waals surface area contributed by atoms with Gasteiger partial charge in [-0.3, -0.25) is 4.79 Å². The summed E-state index contributed by atoms with van der Waals surface area (Å²) in [5.74, 6) is 2.83. The van der Waals surface area contributed by atoms with Crippen molar-refractivity contribution in [1.82, 2.24) is 5.32 Å². The van der Waals surface area contributed by atoms with Crippen LogP contribution in [0.2, 0.25) is 0 Å². The minimum Gasteiger partial charge on any atom is -0.352 e. The normalized spacial score (nSPS) is 35.6. The molecule has 0 heterocycles. The third-order valence-corrected chi connectivity index (χ3v) is 6.88. The lowest BCUT2D eigenvalue weighted by atomic mass is 9.49. The standard InChI is InChI=1S/C19H25NOS/c1-22-17-4-2-13(3-5-17)12-20-18(21)19-9-14-6-15(10-19)8-16(7-14)11-19/h2-5,14-16H,6-12H2,1H3,(H,20,21). The maximum absolute atomic E-state index is 12.9. The molecule has 4 aliphatic rings. The summed E-state index contributed by atoms with van der Waals surface area (Å²) in [5.41, 5.74) is 1.18. The minimum absolute atomic E-state index is 0.0199. The SMILES string of the molecule is CSc1ccc(CNC(=O)C23CC4CC(CC(C4)C2)C3)cc1. The van der Waals surface area contributed by atoms with Crippen molar-refractivity contribution in [3.05, 3.63) is 29.8 Å². The number of carbonyl (C=O) groups excluding carboxylic acids is 1. The van der Waals surface area contributed by atoms with Gasteiger partial charge in [-0.05, 0) is 80.2 Å². The van der Waals surface area contributed by atoms with Gasteiger partial charge in [0.05, 0.1) is 0 Å². The van der Waals surface area contributed by atoms with E-state index in [0.29, 0.717) is 12.5 Å². The fourth-order valence-corrected chi connectivity index (χ4v) is 5.91. The van der Waals surface area contributed by atoms with E-state index in [1.807, 2.05) is 0 Å². The second-order valence-electron chi connectivity index (χ2n) is 7.73. The molecule has 4 saturated carbocycles. The lowest BCUT2D eigenvalue weighted by molar-refractivity contribution is -0.146. The van der Waals surface area contributed by atoms with E-state index >= 15 is 0 Å². The smallest absolute Gasteiger partial charge is 0.226 e. The first-order valence-corrected chi connectivity index (χ1v) is 9.80. The van der Waals surface area contributed by atoms with Crippen LogP contribution in [0, 0.1) is 23.2 Å². The molecule has 0 radical (unpaired) electrons. The van der Waals surface area contributed by atoms with Crippen LogP contribution >= 0.6 is 11.8 Å². The summed E-state index contributed by atoms with van der Waals surface area (Å²) < 4.78 is 0. The van der Waals surface area contributed by atoms with Crippen LogP contribution in [-0.2, 0) is 11.3 Å². The van der Waals surface area contributed by atoms with E-state index in [-0.39, 0.29) is 5.41 Å². The minimum atomic E-state index is -0.0199. The Morgan fingerprint density at radius 1 is 1.09 bits per heavy atom. The summed E-state index contributed by atoms with van der Waals surface area (Å²) in [5, 5.41) is 3.25. The Morgan fingerprint density at radius 3 is 2.14 bits per heavy atom. The molecule has 4 aliphatic carbocycles. The summed E-state index contributed by atoms with van der Waals surface area (Å²) in [6.45, 7) is 0.676. The lowest BCUT2D eigenvalue weighted by Gasteiger charge is -2.55. The Balaban J connectivity index is 1.41. The van der Waals surface area contributed by atoms with Crippen molar-refractivity contribution in [2.45, 2.75) is 50.0 Å². The molecule has 118 valence electrons. The van der Waals surface area contributed by atoms with Gasteiger partial charge in [-0.2, -0.15) is 0 Å². The molecule has 1 N–H and O–H groups in total. The Hall–Kier alpha value is -0.960. The van der Waals surface area contributed by atoms with Crippen LogP contribution in [0.5, 0.6) is 0 Å². The lowest BCUT2D eigenvalue weighted by Crippen LogP contribution is -2.53. The maximum Gasteiger partial charge on any atom is 0.226 e. The van der Waals surface area contributed by atoms with Crippen molar-refractivity contribution in [2.24, 2.45) is 23.2 Å². The van der Waals surface area contributed by atoms with E-state index in [0.717, 1.165) is 37.0 Å². The van der Waals surface area contributed by atoms with Gasteiger partial charge in [-0.15, -0.1) is 11.8 Å². The number of benzene rings is 1. The third-order valence-electron chi connectivity index (χ3n) is 6.13. The third kappa shape index (κ3) is 2.58. The summed E-state index contributed by atoms with van der Waals surface area (Å²) in [6, 6.07) is 8.53. The molecule has 4 fully saturated rings. The van der Waals surface area contributed by atoms with Crippen LogP contribution in [0.1, 0.15) is 44.1 Å². The highest BCUT2D eigenvalue weighted by Crippen LogP contribution is 2.60. The molecule has 5 rings (SSSR count). The Bertz CT molecular complexity index is 530. The van der Waals surface area contributed by atoms with Crippen LogP contribution in [0.3, 0.4) is 0 Å². The number of thioether (sulfide) groups is 1. The second kappa shape index (κ2) is 5.59. The van der Waals surface area contributed by atoms with E-state index in [4.69, 9.17) is 0 Å². The van der Waals surface area contributed by atoms with Crippen molar-refractivity contribution in [2.75, 3.05) is 6.26 Å². The van der Waals surface area contributed by atoms with Crippen LogP contribution < -0.4 is 5.32 Å². The Kier molecular flexibility index (Phi) is 3.72. The van der Waals surface area contributed by atoms with E-state index in [9.17, 15) is 4.79 Å². The van der Waals surface area contributed by atoms with Gasteiger partial charge in [-0.25, -0.2) is 0 Å². The van der Waals surface area contributed by atoms with Gasteiger partial charge in [0.15, 0.2) is 0 Å². The number of nitrogens with one attached hydrogen (secondary N) is 1. The zero-order valence-electron chi connectivity index (χ0n) is 13.3. The van der Waals surface area contributed by atoms with Gasteiger partial charge in [0.1, 0.15) is 0 Å². The van der Waals surface area contributed by atoms with Gasteiger partial charge in [0, 0.05) is 16.9 Å². The molecule has 0 aliphatic heterocycles. The first-order valence-electron chi connectivity index (χ1n) is 8.58. The van der Waals surface area contributed by atoms with Crippen molar-refractivity contribution < 1.29 is 4.79 Å². The second-order valence-corrected chi connectivity index (χ2v) is 8.61. The van der Waals surface area contributed by atoms with E-state index in [1.165, 1.54) is 29.7 Å². The topological polar surface area (TPSA) is 29.1 Å². The molecule has 1 amide bonds. The first kappa shape index (κ1) is 14.6. The average molecular weight is 315 g/mol. The molecule has 22 heavy (non-hydrogen) atoms. The summed E-state index contributed by atoms with van der Waals surface area (Å²) in [7, 11) is 0. The molecule has 1 aromatic carbocycles. The summed E-state index contributed by atoms with van der Waals surface area (Å²) in [6.07, 6.45) is 9.71. The predicted molar refractivity (Wildman–Crippen MR) is 90.7 cm³/mol. The number of hydrogen-bond donors (Lipinski definition) is 1. The first-order chi connectivity index (χ1) is 10.7. The molecule has 1 aromatic rings. The van der Waals surface area contributed by atoms with Gasteiger partial charge >= 0.3 is 0 Å². The van der Waals surface area contributed by atoms with E-state index in [1.54, 1.807) is 11.8 Å². The molecular formula is C19H25NOS. The van der Waals surface area contributed by atoms with Crippen LogP contribution in [0.25, 0.3) is 0 Å². The largest absolute Gasteiger partial charge is 0.352 e. The van der Waals surface area contributed by atoms with E-state index < -0.39 is 0 Å². The van der Waals surface area contributed by atoms with Crippen LogP contribution in [0.4, 0.5) is 0 Å². The van der Waals surface area contributed by atoms with Gasteiger partial charge in [0.2, 0.25) is 5.91 Å². The zero-order chi connectivity index (χ0) is 15.2. The van der Waals surface area contributed by atoms with Gasteiger partial charge < -0.3 is 5.32 Å². The highest BCUT2D eigenvalue weighted by Gasteiger charge is 2.54. The molecule has 0 saturated heterocycles. The highest BCUT2D eigenvalue weighted by molar-refractivity contribution is 7.98. The molecule has 0 spiro atoms. The van der Waals surface area contributed by atoms with Crippen molar-refractivity contribution in [3.63, 3.8) is 0 Å². The van der Waals surface area contributed by atoms with Crippen molar-refractivity contribution in [3.8, 4) is 0 Å². The van der Waals surface area contributed by atoms with Gasteiger partial charge in [-0.1, -0.05) is 12.1 Å². The Morgan fingerprint density at radius 2 is 1.64 bits per heavy atom. The molecule has 0 unspecified atom stereocenters. The fourth-order valence-electron chi connectivity index (χ4n) is 5.50. The highest BCUT2D eigenvalue weighted by atomic mass is 32.2. The molecular weight excluding hydrogens is 290 g/mol. The van der Waals surface area contributed by atoms with Crippen LogP contribution in [0.15, 0.2) is 29.2 Å². The van der Waals surface area contributed by atoms with Crippen molar-refractivity contribution in [1.29, 1.82) is 0 Å². The summed E-state index contributed by atoms with van der Waals surface area (Å²) >= 11 is 1.75. The zero-order valence-corrected chi connectivity index (χ0v) is 14.1. The number of carbonyl (C=O) groups is 1. The number of amides is 1. The van der Waals surface area contributed by atoms with Crippen LogP contribution in [-0.4, -0.2) is 12.2 Å². The quantitative estimate of drug-likeness (QED) is 0.842. The average Bonchev–Trinajstić information content (AvgIpc) is 2.51. The molecule has 0 atom stereocenters. The summed E-state index contributed by atoms with van der Waals surface area (Å²) in [4.78, 5) is 14.2. The fraction of sp³-hybridized carbons (Fsp3) is 0.632. The monoisotopic (exact) mass is 315 g/mol. The molecule has 2 nitrogen and oxygen atoms in total. The number of rotatable bonds is 4. The maximum atomic E-state index is 12.9.